The average molecular weight is 308 g/mol. The van der Waals surface area contributed by atoms with Crippen molar-refractivity contribution in [3.63, 3.8) is 0 Å². The van der Waals surface area contributed by atoms with Crippen LogP contribution in [-0.4, -0.2) is 32.7 Å². The molecule has 0 fully saturated rings. The number of benzene rings is 1. The molecule has 0 heterocycles. The van der Waals surface area contributed by atoms with E-state index in [2.05, 4.69) is 10.6 Å². The SMILES string of the molecule is CCOc1ccc(C(C)NC(=O)C(C)CNC)cc1OCC. The molecule has 0 spiro atoms. The monoisotopic (exact) mass is 308 g/mol. The van der Waals surface area contributed by atoms with E-state index >= 15 is 0 Å². The predicted molar refractivity (Wildman–Crippen MR) is 88.4 cm³/mol. The van der Waals surface area contributed by atoms with Gasteiger partial charge in [-0.05, 0) is 45.5 Å². The van der Waals surface area contributed by atoms with Gasteiger partial charge in [0.1, 0.15) is 0 Å². The zero-order valence-electron chi connectivity index (χ0n) is 14.2. The molecule has 5 nitrogen and oxygen atoms in total. The van der Waals surface area contributed by atoms with Crippen LogP contribution >= 0.6 is 0 Å². The van der Waals surface area contributed by atoms with Crippen molar-refractivity contribution in [2.45, 2.75) is 33.7 Å². The van der Waals surface area contributed by atoms with Gasteiger partial charge in [-0.2, -0.15) is 0 Å². The summed E-state index contributed by atoms with van der Waals surface area (Å²) >= 11 is 0. The van der Waals surface area contributed by atoms with E-state index in [-0.39, 0.29) is 17.9 Å². The summed E-state index contributed by atoms with van der Waals surface area (Å²) in [5, 5.41) is 6.04. The first kappa shape index (κ1) is 18.3. The molecule has 1 aromatic rings. The lowest BCUT2D eigenvalue weighted by molar-refractivity contribution is -0.125. The minimum atomic E-state index is -0.0818. The van der Waals surface area contributed by atoms with Gasteiger partial charge in [-0.25, -0.2) is 0 Å². The van der Waals surface area contributed by atoms with Gasteiger partial charge >= 0.3 is 0 Å². The van der Waals surface area contributed by atoms with Crippen LogP contribution in [0.25, 0.3) is 0 Å². The molecule has 1 rings (SSSR count). The molecule has 0 aliphatic heterocycles. The average Bonchev–Trinajstić information content (AvgIpc) is 2.49. The highest BCUT2D eigenvalue weighted by Crippen LogP contribution is 2.30. The number of hydrogen-bond acceptors (Lipinski definition) is 4. The minimum absolute atomic E-state index is 0.0358. The largest absolute Gasteiger partial charge is 0.490 e. The third-order valence-electron chi connectivity index (χ3n) is 3.38. The van der Waals surface area contributed by atoms with E-state index in [1.807, 2.05) is 52.9 Å². The van der Waals surface area contributed by atoms with Gasteiger partial charge in [-0.3, -0.25) is 4.79 Å². The molecule has 0 saturated heterocycles. The molecule has 0 radical (unpaired) electrons. The second kappa shape index (κ2) is 9.30. The van der Waals surface area contributed by atoms with E-state index in [4.69, 9.17) is 9.47 Å². The van der Waals surface area contributed by atoms with Crippen molar-refractivity contribution in [3.8, 4) is 11.5 Å². The molecular weight excluding hydrogens is 280 g/mol. The van der Waals surface area contributed by atoms with Gasteiger partial charge in [0, 0.05) is 12.5 Å². The van der Waals surface area contributed by atoms with Crippen molar-refractivity contribution in [1.82, 2.24) is 10.6 Å². The van der Waals surface area contributed by atoms with Crippen LogP contribution in [0.5, 0.6) is 11.5 Å². The van der Waals surface area contributed by atoms with Crippen molar-refractivity contribution in [2.75, 3.05) is 26.8 Å². The quantitative estimate of drug-likeness (QED) is 0.736. The highest BCUT2D eigenvalue weighted by atomic mass is 16.5. The van der Waals surface area contributed by atoms with Crippen LogP contribution in [0, 0.1) is 5.92 Å². The third kappa shape index (κ3) is 5.22. The number of rotatable bonds is 9. The molecule has 5 heteroatoms. The lowest BCUT2D eigenvalue weighted by Gasteiger charge is -2.19. The number of ether oxygens (including phenoxy) is 2. The van der Waals surface area contributed by atoms with Crippen molar-refractivity contribution in [2.24, 2.45) is 5.92 Å². The lowest BCUT2D eigenvalue weighted by atomic mass is 10.1. The topological polar surface area (TPSA) is 59.6 Å². The first-order valence-corrected chi connectivity index (χ1v) is 7.87. The van der Waals surface area contributed by atoms with Crippen LogP contribution in [0.2, 0.25) is 0 Å². The van der Waals surface area contributed by atoms with Crippen LogP contribution in [0.1, 0.15) is 39.3 Å². The fourth-order valence-electron chi connectivity index (χ4n) is 2.17. The molecule has 0 bridgehead atoms. The molecule has 0 aliphatic rings. The predicted octanol–water partition coefficient (Wildman–Crippen LogP) is 2.52. The van der Waals surface area contributed by atoms with E-state index in [1.54, 1.807) is 0 Å². The normalized spacial score (nSPS) is 13.3. The van der Waals surface area contributed by atoms with E-state index in [1.165, 1.54) is 0 Å². The molecule has 2 unspecified atom stereocenters. The standard InChI is InChI=1S/C17H28N2O3/c1-6-21-15-9-8-14(10-16(15)22-7-2)13(4)19-17(20)12(3)11-18-5/h8-10,12-13,18H,6-7,11H2,1-5H3,(H,19,20). The van der Waals surface area contributed by atoms with Gasteiger partial charge in [0.2, 0.25) is 5.91 Å². The van der Waals surface area contributed by atoms with E-state index in [0.717, 1.165) is 11.3 Å². The molecule has 0 aromatic heterocycles. The second-order valence-corrected chi connectivity index (χ2v) is 5.26. The number of hydrogen-bond donors (Lipinski definition) is 2. The fourth-order valence-corrected chi connectivity index (χ4v) is 2.17. The molecule has 0 saturated carbocycles. The summed E-state index contributed by atoms with van der Waals surface area (Å²) in [6.07, 6.45) is 0. The van der Waals surface area contributed by atoms with E-state index in [9.17, 15) is 4.79 Å². The molecule has 124 valence electrons. The summed E-state index contributed by atoms with van der Waals surface area (Å²) in [5.74, 6) is 1.41. The Morgan fingerprint density at radius 1 is 1.14 bits per heavy atom. The first-order valence-electron chi connectivity index (χ1n) is 7.87. The van der Waals surface area contributed by atoms with Crippen LogP contribution < -0.4 is 20.1 Å². The minimum Gasteiger partial charge on any atom is -0.490 e. The number of carbonyl (C=O) groups excluding carboxylic acids is 1. The van der Waals surface area contributed by atoms with Gasteiger partial charge in [-0.15, -0.1) is 0 Å². The van der Waals surface area contributed by atoms with Gasteiger partial charge < -0.3 is 20.1 Å². The molecule has 2 atom stereocenters. The number of amides is 1. The highest BCUT2D eigenvalue weighted by molar-refractivity contribution is 5.79. The number of nitrogens with one attached hydrogen (secondary N) is 2. The zero-order valence-corrected chi connectivity index (χ0v) is 14.2. The highest BCUT2D eigenvalue weighted by Gasteiger charge is 2.17. The van der Waals surface area contributed by atoms with Crippen LogP contribution in [0.15, 0.2) is 18.2 Å². The lowest BCUT2D eigenvalue weighted by Crippen LogP contribution is -2.35. The zero-order chi connectivity index (χ0) is 16.5. The Labute approximate surface area is 133 Å². The third-order valence-corrected chi connectivity index (χ3v) is 3.38. The maximum Gasteiger partial charge on any atom is 0.224 e. The van der Waals surface area contributed by atoms with Gasteiger partial charge in [0.15, 0.2) is 11.5 Å². The fraction of sp³-hybridized carbons (Fsp3) is 0.588. The summed E-state index contributed by atoms with van der Waals surface area (Å²) in [5.41, 5.74) is 0.997. The van der Waals surface area contributed by atoms with Crippen LogP contribution in [-0.2, 0) is 4.79 Å². The maximum absolute atomic E-state index is 12.1. The Kier molecular flexibility index (Phi) is 7.74. The molecule has 22 heavy (non-hydrogen) atoms. The molecular formula is C17H28N2O3. The Morgan fingerprint density at radius 2 is 1.77 bits per heavy atom. The summed E-state index contributed by atoms with van der Waals surface area (Å²) in [7, 11) is 1.84. The second-order valence-electron chi connectivity index (χ2n) is 5.26. The van der Waals surface area contributed by atoms with Crippen molar-refractivity contribution < 1.29 is 14.3 Å². The molecule has 1 amide bonds. The van der Waals surface area contributed by atoms with E-state index in [0.29, 0.717) is 25.5 Å². The van der Waals surface area contributed by atoms with Crippen LogP contribution in [0.4, 0.5) is 0 Å². The van der Waals surface area contributed by atoms with Crippen molar-refractivity contribution >= 4 is 5.91 Å². The maximum atomic E-state index is 12.1. The summed E-state index contributed by atoms with van der Waals surface area (Å²) < 4.78 is 11.2. The Hall–Kier alpha value is -1.75. The summed E-state index contributed by atoms with van der Waals surface area (Å²) in [4.78, 5) is 12.1. The van der Waals surface area contributed by atoms with Gasteiger partial charge in [0.05, 0.1) is 19.3 Å². The smallest absolute Gasteiger partial charge is 0.224 e. The molecule has 0 aliphatic carbocycles. The summed E-state index contributed by atoms with van der Waals surface area (Å²) in [6, 6.07) is 5.70. The number of carbonyl (C=O) groups is 1. The summed E-state index contributed by atoms with van der Waals surface area (Å²) in [6.45, 7) is 9.57. The van der Waals surface area contributed by atoms with Gasteiger partial charge in [-0.1, -0.05) is 13.0 Å². The Morgan fingerprint density at radius 3 is 2.36 bits per heavy atom. The molecule has 2 N–H and O–H groups in total. The molecule has 1 aromatic carbocycles. The van der Waals surface area contributed by atoms with Crippen molar-refractivity contribution in [3.05, 3.63) is 23.8 Å². The Balaban J connectivity index is 2.82. The van der Waals surface area contributed by atoms with Gasteiger partial charge in [0.25, 0.3) is 0 Å². The van der Waals surface area contributed by atoms with Crippen molar-refractivity contribution in [1.29, 1.82) is 0 Å². The Bertz CT molecular complexity index is 477. The first-order chi connectivity index (χ1) is 10.5. The van der Waals surface area contributed by atoms with E-state index < -0.39 is 0 Å². The van der Waals surface area contributed by atoms with Crippen LogP contribution in [0.3, 0.4) is 0 Å².